The molecule has 0 fully saturated rings. The molecule has 24 heavy (non-hydrogen) atoms. The summed E-state index contributed by atoms with van der Waals surface area (Å²) in [6, 6.07) is 6.70. The highest BCUT2D eigenvalue weighted by molar-refractivity contribution is 7.92. The van der Waals surface area contributed by atoms with Crippen molar-refractivity contribution in [1.82, 2.24) is 9.88 Å². The van der Waals surface area contributed by atoms with Crippen molar-refractivity contribution in [2.45, 2.75) is 26.4 Å². The predicted octanol–water partition coefficient (Wildman–Crippen LogP) is 1.15. The number of fused-ring (bicyclic) bond motifs is 1. The minimum Gasteiger partial charge on any atom is -0.394 e. The first-order valence-electron chi connectivity index (χ1n) is 7.67. The van der Waals surface area contributed by atoms with E-state index >= 15 is 0 Å². The third kappa shape index (κ3) is 4.48. The fourth-order valence-electron chi connectivity index (χ4n) is 2.48. The highest BCUT2D eigenvalue weighted by Gasteiger charge is 2.16. The fourth-order valence-corrected chi connectivity index (χ4v) is 3.06. The molecule has 8 heteroatoms. The van der Waals surface area contributed by atoms with Crippen LogP contribution in [0.5, 0.6) is 0 Å². The van der Waals surface area contributed by atoms with E-state index < -0.39 is 10.0 Å². The SMILES string of the molecule is CC(C)[C@@H](CO)NC(=O)Cn1ccc2c(NS(C)(=O)=O)cccc21. The molecule has 1 aromatic heterocycles. The molecule has 0 saturated carbocycles. The van der Waals surface area contributed by atoms with Crippen LogP contribution in [-0.2, 0) is 21.4 Å². The molecule has 1 aromatic carbocycles. The Morgan fingerprint density at radius 1 is 1.29 bits per heavy atom. The van der Waals surface area contributed by atoms with Crippen LogP contribution in [0.25, 0.3) is 10.9 Å². The minimum absolute atomic E-state index is 0.0923. The Balaban J connectivity index is 2.22. The number of nitrogens with one attached hydrogen (secondary N) is 2. The molecule has 0 unspecified atom stereocenters. The van der Waals surface area contributed by atoms with Crippen LogP contribution >= 0.6 is 0 Å². The van der Waals surface area contributed by atoms with Crippen LogP contribution in [0.15, 0.2) is 30.5 Å². The number of sulfonamides is 1. The average molecular weight is 353 g/mol. The lowest BCUT2D eigenvalue weighted by Gasteiger charge is -2.20. The zero-order valence-corrected chi connectivity index (χ0v) is 14.8. The van der Waals surface area contributed by atoms with Crippen molar-refractivity contribution in [3.8, 4) is 0 Å². The topological polar surface area (TPSA) is 100 Å². The first kappa shape index (κ1) is 18.3. The van der Waals surface area contributed by atoms with E-state index in [1.54, 1.807) is 29.0 Å². The van der Waals surface area contributed by atoms with Crippen molar-refractivity contribution in [3.63, 3.8) is 0 Å². The lowest BCUT2D eigenvalue weighted by molar-refractivity contribution is -0.123. The van der Waals surface area contributed by atoms with Gasteiger partial charge in [0.05, 0.1) is 30.1 Å². The van der Waals surface area contributed by atoms with Gasteiger partial charge in [-0.2, -0.15) is 0 Å². The van der Waals surface area contributed by atoms with Crippen molar-refractivity contribution in [3.05, 3.63) is 30.5 Å². The molecule has 3 N–H and O–H groups in total. The monoisotopic (exact) mass is 353 g/mol. The number of aliphatic hydroxyl groups excluding tert-OH is 1. The van der Waals surface area contributed by atoms with Crippen LogP contribution in [-0.4, -0.2) is 42.9 Å². The van der Waals surface area contributed by atoms with Crippen LogP contribution in [0.3, 0.4) is 0 Å². The van der Waals surface area contributed by atoms with Crippen molar-refractivity contribution in [1.29, 1.82) is 0 Å². The number of carbonyl (C=O) groups excluding carboxylic acids is 1. The van der Waals surface area contributed by atoms with Gasteiger partial charge < -0.3 is 15.0 Å². The second-order valence-electron chi connectivity index (χ2n) is 6.16. The highest BCUT2D eigenvalue weighted by Crippen LogP contribution is 2.25. The third-order valence-electron chi connectivity index (χ3n) is 3.77. The lowest BCUT2D eigenvalue weighted by Crippen LogP contribution is -2.42. The molecule has 132 valence electrons. The smallest absolute Gasteiger partial charge is 0.240 e. The molecular weight excluding hydrogens is 330 g/mol. The first-order chi connectivity index (χ1) is 11.2. The number of carbonyl (C=O) groups is 1. The molecule has 0 spiro atoms. The van der Waals surface area contributed by atoms with Gasteiger partial charge in [0.15, 0.2) is 0 Å². The van der Waals surface area contributed by atoms with Crippen LogP contribution in [0.1, 0.15) is 13.8 Å². The Bertz CT molecular complexity index is 827. The number of nitrogens with zero attached hydrogens (tertiary/aromatic N) is 1. The Hall–Kier alpha value is -2.06. The molecule has 0 saturated heterocycles. The van der Waals surface area contributed by atoms with Gasteiger partial charge in [0.25, 0.3) is 0 Å². The van der Waals surface area contributed by atoms with Gasteiger partial charge in [-0.25, -0.2) is 8.42 Å². The standard InChI is InChI=1S/C16H23N3O4S/c1-11(2)14(10-20)17-16(21)9-19-8-7-12-13(18-24(3,22)23)5-4-6-15(12)19/h4-8,11,14,18,20H,9-10H2,1-3H3,(H,17,21)/t14-/m1/s1. The summed E-state index contributed by atoms with van der Waals surface area (Å²) in [4.78, 5) is 12.2. The molecule has 1 heterocycles. The normalized spacial score (nSPS) is 13.2. The predicted molar refractivity (Wildman–Crippen MR) is 94.3 cm³/mol. The first-order valence-corrected chi connectivity index (χ1v) is 9.56. The number of aliphatic hydroxyl groups is 1. The highest BCUT2D eigenvalue weighted by atomic mass is 32.2. The molecule has 0 aliphatic carbocycles. The number of amides is 1. The molecule has 1 atom stereocenters. The molecule has 2 aromatic rings. The number of hydrogen-bond acceptors (Lipinski definition) is 4. The Kier molecular flexibility index (Phi) is 5.51. The molecule has 0 radical (unpaired) electrons. The van der Waals surface area contributed by atoms with Gasteiger partial charge in [0, 0.05) is 11.6 Å². The maximum atomic E-state index is 12.2. The molecule has 0 aliphatic rings. The van der Waals surface area contributed by atoms with Crippen molar-refractivity contribution in [2.75, 3.05) is 17.6 Å². The fraction of sp³-hybridized carbons (Fsp3) is 0.438. The van der Waals surface area contributed by atoms with Gasteiger partial charge in [0.2, 0.25) is 15.9 Å². The second kappa shape index (κ2) is 7.23. The van der Waals surface area contributed by atoms with Crippen LogP contribution in [0, 0.1) is 5.92 Å². The molecule has 0 aliphatic heterocycles. The molecular formula is C16H23N3O4S. The van der Waals surface area contributed by atoms with Gasteiger partial charge in [-0.1, -0.05) is 19.9 Å². The number of aromatic nitrogens is 1. The van der Waals surface area contributed by atoms with Gasteiger partial charge >= 0.3 is 0 Å². The Morgan fingerprint density at radius 3 is 2.58 bits per heavy atom. The zero-order chi connectivity index (χ0) is 17.9. The van der Waals surface area contributed by atoms with Crippen molar-refractivity contribution >= 4 is 32.5 Å². The van der Waals surface area contributed by atoms with E-state index in [0.29, 0.717) is 5.69 Å². The van der Waals surface area contributed by atoms with Crippen LogP contribution in [0.2, 0.25) is 0 Å². The Labute approximate surface area is 141 Å². The summed E-state index contributed by atoms with van der Waals surface area (Å²) < 4.78 is 27.1. The summed E-state index contributed by atoms with van der Waals surface area (Å²) in [6.07, 6.45) is 2.83. The number of anilines is 1. The van der Waals surface area contributed by atoms with Gasteiger partial charge in [0.1, 0.15) is 6.54 Å². The van der Waals surface area contributed by atoms with Crippen LogP contribution < -0.4 is 10.0 Å². The van der Waals surface area contributed by atoms with Gasteiger partial charge in [-0.15, -0.1) is 0 Å². The van der Waals surface area contributed by atoms with Crippen molar-refractivity contribution in [2.24, 2.45) is 5.92 Å². The van der Waals surface area contributed by atoms with E-state index in [9.17, 15) is 18.3 Å². The van der Waals surface area contributed by atoms with Crippen LogP contribution in [0.4, 0.5) is 5.69 Å². The quantitative estimate of drug-likeness (QED) is 0.695. The third-order valence-corrected chi connectivity index (χ3v) is 4.36. The van der Waals surface area contributed by atoms with E-state index in [0.717, 1.165) is 17.2 Å². The molecule has 0 bridgehead atoms. The van der Waals surface area contributed by atoms with E-state index in [1.807, 2.05) is 19.9 Å². The summed E-state index contributed by atoms with van der Waals surface area (Å²) in [6.45, 7) is 3.83. The molecule has 2 rings (SSSR count). The minimum atomic E-state index is -3.38. The lowest BCUT2D eigenvalue weighted by atomic mass is 10.1. The maximum absolute atomic E-state index is 12.2. The Morgan fingerprint density at radius 2 is 2.00 bits per heavy atom. The molecule has 7 nitrogen and oxygen atoms in total. The van der Waals surface area contributed by atoms with E-state index in [4.69, 9.17) is 0 Å². The van der Waals surface area contributed by atoms with E-state index in [2.05, 4.69) is 10.0 Å². The molecule has 1 amide bonds. The summed E-state index contributed by atoms with van der Waals surface area (Å²) in [5.41, 5.74) is 1.23. The second-order valence-corrected chi connectivity index (χ2v) is 7.91. The zero-order valence-electron chi connectivity index (χ0n) is 14.0. The van der Waals surface area contributed by atoms with E-state index in [1.165, 1.54) is 0 Å². The number of rotatable bonds is 7. The summed E-state index contributed by atoms with van der Waals surface area (Å²) in [5, 5.41) is 12.8. The summed E-state index contributed by atoms with van der Waals surface area (Å²) in [5.74, 6) is -0.0763. The number of benzene rings is 1. The summed E-state index contributed by atoms with van der Waals surface area (Å²) >= 11 is 0. The van der Waals surface area contributed by atoms with Gasteiger partial charge in [-0.3, -0.25) is 9.52 Å². The van der Waals surface area contributed by atoms with E-state index in [-0.39, 0.29) is 31.0 Å². The number of hydrogen-bond donors (Lipinski definition) is 3. The van der Waals surface area contributed by atoms with Crippen molar-refractivity contribution < 1.29 is 18.3 Å². The van der Waals surface area contributed by atoms with Gasteiger partial charge in [-0.05, 0) is 24.1 Å². The maximum Gasteiger partial charge on any atom is 0.240 e. The largest absolute Gasteiger partial charge is 0.394 e. The summed E-state index contributed by atoms with van der Waals surface area (Å²) in [7, 11) is -3.38. The average Bonchev–Trinajstić information content (AvgIpc) is 2.87.